The zero-order chi connectivity index (χ0) is 36.0. The molecule has 2 saturated carbocycles. The van der Waals surface area contributed by atoms with E-state index in [1.807, 2.05) is 12.2 Å². The van der Waals surface area contributed by atoms with Crippen molar-refractivity contribution in [3.05, 3.63) is 24.3 Å². The summed E-state index contributed by atoms with van der Waals surface area (Å²) >= 11 is 0. The van der Waals surface area contributed by atoms with Crippen LogP contribution in [0.4, 0.5) is 0 Å². The molecule has 0 aromatic rings. The Morgan fingerprint density at radius 2 is 1.31 bits per heavy atom. The van der Waals surface area contributed by atoms with Crippen LogP contribution in [-0.2, 0) is 19.1 Å². The van der Waals surface area contributed by atoms with Crippen molar-refractivity contribution >= 4 is 17.7 Å². The largest absolute Gasteiger partial charge is 0.481 e. The van der Waals surface area contributed by atoms with Gasteiger partial charge in [0, 0.05) is 37.0 Å². The molecule has 9 nitrogen and oxygen atoms in total. The van der Waals surface area contributed by atoms with Crippen LogP contribution >= 0.6 is 0 Å². The standard InChI is InChI=1S/C40H68O9/c1-3-5-11-18-30(41)23-25-32-29(17-13-7-9-15-21-38(45)46)27-37(40(32)48)49-39(47)22-16-10-8-14-20-33-34(36(44)28-35(33)43)26-24-31(42)19-12-6-4-2/h23-26,29-34,36-37,40-42,44,48H,3-22,27-28H2,1-2H3,(H,45,46)/b25-23+,26-24+/t29-,30-,31-,32+,33+,34+,36+,37?,40-/m0/s1. The minimum absolute atomic E-state index is 0.0805. The van der Waals surface area contributed by atoms with Gasteiger partial charge in [-0.2, -0.15) is 0 Å². The molecule has 0 spiro atoms. The Kier molecular flexibility index (Phi) is 22.0. The summed E-state index contributed by atoms with van der Waals surface area (Å²) in [5, 5.41) is 51.2. The van der Waals surface area contributed by atoms with Crippen LogP contribution in [-0.4, -0.2) is 73.8 Å². The van der Waals surface area contributed by atoms with Gasteiger partial charge >= 0.3 is 11.9 Å². The molecule has 9 atom stereocenters. The molecule has 9 heteroatoms. The summed E-state index contributed by atoms with van der Waals surface area (Å²) in [4.78, 5) is 36.2. The van der Waals surface area contributed by atoms with E-state index >= 15 is 0 Å². The van der Waals surface area contributed by atoms with Crippen molar-refractivity contribution in [1.29, 1.82) is 0 Å². The summed E-state index contributed by atoms with van der Waals surface area (Å²) in [6.45, 7) is 4.24. The van der Waals surface area contributed by atoms with Crippen LogP contribution < -0.4 is 0 Å². The molecule has 0 heterocycles. The van der Waals surface area contributed by atoms with Crippen LogP contribution in [0, 0.1) is 23.7 Å². The van der Waals surface area contributed by atoms with Gasteiger partial charge in [-0.25, -0.2) is 0 Å². The Labute approximate surface area is 295 Å². The van der Waals surface area contributed by atoms with Gasteiger partial charge < -0.3 is 30.3 Å². The molecule has 0 saturated heterocycles. The van der Waals surface area contributed by atoms with Gasteiger partial charge in [-0.15, -0.1) is 0 Å². The summed E-state index contributed by atoms with van der Waals surface area (Å²) in [5.41, 5.74) is 0. The van der Waals surface area contributed by atoms with Gasteiger partial charge in [-0.3, -0.25) is 14.4 Å². The monoisotopic (exact) mass is 692 g/mol. The summed E-state index contributed by atoms with van der Waals surface area (Å²) in [5.74, 6) is -1.61. The third-order valence-electron chi connectivity index (χ3n) is 10.5. The van der Waals surface area contributed by atoms with Crippen molar-refractivity contribution in [2.45, 2.75) is 186 Å². The molecule has 0 bridgehead atoms. The Balaban J connectivity index is 1.78. The van der Waals surface area contributed by atoms with Crippen molar-refractivity contribution < 1.29 is 44.7 Å². The Morgan fingerprint density at radius 3 is 1.90 bits per heavy atom. The molecular weight excluding hydrogens is 624 g/mol. The van der Waals surface area contributed by atoms with E-state index in [-0.39, 0.29) is 54.7 Å². The van der Waals surface area contributed by atoms with Crippen LogP contribution in [0.15, 0.2) is 24.3 Å². The van der Waals surface area contributed by atoms with Crippen LogP contribution in [0.2, 0.25) is 0 Å². The Morgan fingerprint density at radius 1 is 0.755 bits per heavy atom. The average Bonchev–Trinajstić information content (AvgIpc) is 3.50. The van der Waals surface area contributed by atoms with Crippen LogP contribution in [0.1, 0.15) is 155 Å². The predicted molar refractivity (Wildman–Crippen MR) is 192 cm³/mol. The number of hydrogen-bond donors (Lipinski definition) is 5. The fourth-order valence-corrected chi connectivity index (χ4v) is 7.58. The number of aliphatic hydroxyl groups excluding tert-OH is 4. The molecule has 0 aromatic heterocycles. The SMILES string of the molecule is CCCCC[C@H](O)/C=C/[C@@H]1[C@@H](CCCCCCC(=O)O)CC(OC(=O)CCCCCC[C@H]2C(=O)C[C@@H](O)[C@@H]2/C=C/[C@@H](O)CCCCC)[C@H]1O. The molecule has 5 N–H and O–H groups in total. The number of esters is 1. The summed E-state index contributed by atoms with van der Waals surface area (Å²) in [7, 11) is 0. The van der Waals surface area contributed by atoms with Crippen LogP contribution in [0.25, 0.3) is 0 Å². The highest BCUT2D eigenvalue weighted by Gasteiger charge is 2.43. The minimum atomic E-state index is -0.834. The maximum absolute atomic E-state index is 12.8. The normalized spacial score (nSPS) is 27.0. The van der Waals surface area contributed by atoms with Crippen LogP contribution in [0.3, 0.4) is 0 Å². The van der Waals surface area contributed by atoms with E-state index in [0.717, 1.165) is 83.5 Å². The highest BCUT2D eigenvalue weighted by atomic mass is 16.6. The number of aliphatic hydroxyl groups is 4. The van der Waals surface area contributed by atoms with Gasteiger partial charge in [0.05, 0.1) is 24.4 Å². The Bertz CT molecular complexity index is 994. The third-order valence-corrected chi connectivity index (χ3v) is 10.5. The van der Waals surface area contributed by atoms with E-state index in [1.165, 1.54) is 0 Å². The second-order valence-electron chi connectivity index (χ2n) is 14.7. The third kappa shape index (κ3) is 17.1. The number of carboxylic acid groups (broad SMARTS) is 1. The zero-order valence-corrected chi connectivity index (χ0v) is 30.4. The topological polar surface area (TPSA) is 162 Å². The first-order valence-electron chi connectivity index (χ1n) is 19.6. The number of aliphatic carboxylic acids is 1. The lowest BCUT2D eigenvalue weighted by Gasteiger charge is -2.20. The summed E-state index contributed by atoms with van der Waals surface area (Å²) in [6, 6.07) is 0. The van der Waals surface area contributed by atoms with Crippen molar-refractivity contribution in [2.24, 2.45) is 23.7 Å². The quantitative estimate of drug-likeness (QED) is 0.0340. The van der Waals surface area contributed by atoms with Crippen LogP contribution in [0.5, 0.6) is 0 Å². The molecule has 0 aromatic carbocycles. The van der Waals surface area contributed by atoms with Gasteiger partial charge in [0.1, 0.15) is 11.9 Å². The maximum atomic E-state index is 12.8. The van der Waals surface area contributed by atoms with E-state index in [4.69, 9.17) is 9.84 Å². The number of carbonyl (C=O) groups excluding carboxylic acids is 2. The van der Waals surface area contributed by atoms with E-state index in [0.29, 0.717) is 38.5 Å². The van der Waals surface area contributed by atoms with E-state index < -0.39 is 36.5 Å². The van der Waals surface area contributed by atoms with Crippen molar-refractivity contribution in [3.8, 4) is 0 Å². The second-order valence-corrected chi connectivity index (χ2v) is 14.7. The number of hydrogen-bond acceptors (Lipinski definition) is 8. The fraction of sp³-hybridized carbons (Fsp3) is 0.825. The highest BCUT2D eigenvalue weighted by Crippen LogP contribution is 2.39. The lowest BCUT2D eigenvalue weighted by molar-refractivity contribution is -0.154. The van der Waals surface area contributed by atoms with Gasteiger partial charge in [0.15, 0.2) is 0 Å². The zero-order valence-electron chi connectivity index (χ0n) is 30.4. The molecule has 0 aliphatic heterocycles. The second kappa shape index (κ2) is 25.0. The van der Waals surface area contributed by atoms with Gasteiger partial charge in [0.2, 0.25) is 0 Å². The maximum Gasteiger partial charge on any atom is 0.306 e. The van der Waals surface area contributed by atoms with Gasteiger partial charge in [0.25, 0.3) is 0 Å². The minimum Gasteiger partial charge on any atom is -0.481 e. The number of carbonyl (C=O) groups is 3. The average molecular weight is 693 g/mol. The van der Waals surface area contributed by atoms with Gasteiger partial charge in [-0.1, -0.05) is 115 Å². The lowest BCUT2D eigenvalue weighted by atomic mass is 9.88. The fourth-order valence-electron chi connectivity index (χ4n) is 7.58. The highest BCUT2D eigenvalue weighted by molar-refractivity contribution is 5.84. The first-order valence-corrected chi connectivity index (χ1v) is 19.6. The van der Waals surface area contributed by atoms with Gasteiger partial charge in [-0.05, 0) is 50.9 Å². The number of unbranched alkanes of at least 4 members (excludes halogenated alkanes) is 10. The van der Waals surface area contributed by atoms with Crippen molar-refractivity contribution in [3.63, 3.8) is 0 Å². The number of ketones is 1. The first kappa shape index (κ1) is 43.1. The first-order chi connectivity index (χ1) is 23.6. The summed E-state index contributed by atoms with van der Waals surface area (Å²) in [6.07, 6.45) is 20.7. The number of ether oxygens (including phenoxy) is 1. The molecule has 1 unspecified atom stereocenters. The van der Waals surface area contributed by atoms with E-state index in [1.54, 1.807) is 12.2 Å². The summed E-state index contributed by atoms with van der Waals surface area (Å²) < 4.78 is 5.80. The number of Topliss-reactive ketones (excluding diaryl/α,β-unsaturated/α-hetero) is 1. The predicted octanol–water partition coefficient (Wildman–Crippen LogP) is 7.22. The molecule has 2 aliphatic carbocycles. The molecule has 2 aliphatic rings. The number of rotatable bonds is 27. The number of carboxylic acids is 1. The van der Waals surface area contributed by atoms with E-state index in [2.05, 4.69) is 13.8 Å². The van der Waals surface area contributed by atoms with Crippen molar-refractivity contribution in [1.82, 2.24) is 0 Å². The van der Waals surface area contributed by atoms with Crippen molar-refractivity contribution in [2.75, 3.05) is 0 Å². The molecule has 2 fully saturated rings. The lowest BCUT2D eigenvalue weighted by Crippen LogP contribution is -2.29. The smallest absolute Gasteiger partial charge is 0.306 e. The molecular formula is C40H68O9. The molecule has 0 amide bonds. The molecule has 2 rings (SSSR count). The molecule has 282 valence electrons. The molecule has 0 radical (unpaired) electrons. The van der Waals surface area contributed by atoms with E-state index in [9.17, 15) is 34.8 Å². The molecule has 49 heavy (non-hydrogen) atoms. The Hall–Kier alpha value is -2.07.